The molecule has 2 rings (SSSR count). The monoisotopic (exact) mass is 247 g/mol. The highest BCUT2D eigenvalue weighted by atomic mass is 16.2. The zero-order valence-corrected chi connectivity index (χ0v) is 9.77. The van der Waals surface area contributed by atoms with Crippen molar-refractivity contribution in [2.75, 3.05) is 18.4 Å². The summed E-state index contributed by atoms with van der Waals surface area (Å²) < 4.78 is 1.12. The van der Waals surface area contributed by atoms with Crippen molar-refractivity contribution in [3.8, 4) is 6.07 Å². The Hall–Kier alpha value is -2.36. The quantitative estimate of drug-likeness (QED) is 0.684. The maximum atomic E-state index is 11.7. The lowest BCUT2D eigenvalue weighted by molar-refractivity contribution is -0.121. The molecular formula is C11H13N5O2. The number of carbonyl (C=O) groups excluding carboxylic acids is 1. The minimum atomic E-state index is -0.394. The average Bonchev–Trinajstić information content (AvgIpc) is 2.37. The van der Waals surface area contributed by atoms with E-state index in [1.807, 2.05) is 0 Å². The first-order valence-corrected chi connectivity index (χ1v) is 5.69. The van der Waals surface area contributed by atoms with E-state index < -0.39 is 5.91 Å². The highest BCUT2D eigenvalue weighted by Crippen LogP contribution is 2.16. The number of aryl methyl sites for hydroxylation is 1. The topological polar surface area (TPSA) is 99.8 Å². The van der Waals surface area contributed by atoms with Crippen LogP contribution in [0.5, 0.6) is 0 Å². The number of nitriles is 1. The summed E-state index contributed by atoms with van der Waals surface area (Å²) in [4.78, 5) is 23.1. The molecule has 1 aliphatic heterocycles. The van der Waals surface area contributed by atoms with Crippen LogP contribution in [0.1, 0.15) is 12.1 Å². The van der Waals surface area contributed by atoms with Gasteiger partial charge in [-0.2, -0.15) is 10.4 Å². The average molecular weight is 247 g/mol. The normalized spacial score (nSPS) is 13.1. The second-order valence-electron chi connectivity index (χ2n) is 3.97. The van der Waals surface area contributed by atoms with Crippen LogP contribution >= 0.6 is 0 Å². The molecule has 1 aliphatic rings. The lowest BCUT2D eigenvalue weighted by Crippen LogP contribution is -2.35. The van der Waals surface area contributed by atoms with Crippen molar-refractivity contribution in [1.29, 1.82) is 5.26 Å². The molecule has 18 heavy (non-hydrogen) atoms. The van der Waals surface area contributed by atoms with Gasteiger partial charge < -0.3 is 10.6 Å². The van der Waals surface area contributed by atoms with E-state index >= 15 is 0 Å². The van der Waals surface area contributed by atoms with Crippen LogP contribution in [0.3, 0.4) is 0 Å². The third-order valence-electron chi connectivity index (χ3n) is 2.64. The van der Waals surface area contributed by atoms with Crippen molar-refractivity contribution in [1.82, 2.24) is 15.1 Å². The predicted octanol–water partition coefficient (Wildman–Crippen LogP) is -0.759. The molecule has 0 saturated carbocycles. The Bertz CT molecular complexity index is 558. The van der Waals surface area contributed by atoms with Gasteiger partial charge >= 0.3 is 0 Å². The number of hydrogen-bond donors (Lipinski definition) is 2. The number of carbonyl (C=O) groups is 1. The van der Waals surface area contributed by atoms with E-state index in [0.29, 0.717) is 0 Å². The summed E-state index contributed by atoms with van der Waals surface area (Å²) in [6, 6.07) is 3.26. The zero-order chi connectivity index (χ0) is 13.0. The van der Waals surface area contributed by atoms with Crippen LogP contribution < -0.4 is 16.2 Å². The Morgan fingerprint density at radius 2 is 2.50 bits per heavy atom. The second-order valence-corrected chi connectivity index (χ2v) is 3.97. The fraction of sp³-hybridized carbons (Fsp3) is 0.455. The fourth-order valence-corrected chi connectivity index (χ4v) is 1.79. The van der Waals surface area contributed by atoms with Gasteiger partial charge in [-0.15, -0.1) is 0 Å². The number of aromatic nitrogens is 2. The fourth-order valence-electron chi connectivity index (χ4n) is 1.79. The molecule has 0 unspecified atom stereocenters. The highest BCUT2D eigenvalue weighted by molar-refractivity contribution is 5.75. The predicted molar refractivity (Wildman–Crippen MR) is 63.9 cm³/mol. The number of anilines is 1. The molecule has 0 saturated heterocycles. The van der Waals surface area contributed by atoms with E-state index in [1.165, 1.54) is 6.07 Å². The van der Waals surface area contributed by atoms with Crippen molar-refractivity contribution in [2.24, 2.45) is 0 Å². The number of rotatable bonds is 3. The molecule has 94 valence electrons. The Kier molecular flexibility index (Phi) is 3.57. The number of fused-ring (bicyclic) bond motifs is 1. The molecule has 1 amide bonds. The lowest BCUT2D eigenvalue weighted by Gasteiger charge is -2.17. The van der Waals surface area contributed by atoms with Gasteiger partial charge in [0.05, 0.1) is 17.5 Å². The Morgan fingerprint density at radius 1 is 1.67 bits per heavy atom. The van der Waals surface area contributed by atoms with Gasteiger partial charge in [0.25, 0.3) is 5.56 Å². The summed E-state index contributed by atoms with van der Waals surface area (Å²) in [5.74, 6) is -0.394. The van der Waals surface area contributed by atoms with Gasteiger partial charge in [0.2, 0.25) is 5.91 Å². The number of amides is 1. The first-order chi connectivity index (χ1) is 8.70. The molecule has 0 spiro atoms. The molecule has 7 heteroatoms. The summed E-state index contributed by atoms with van der Waals surface area (Å²) in [6.45, 7) is 0.606. The SMILES string of the molecule is N#CCNC(=O)Cn1nc2c(cc1=O)NCCC2. The number of hydrogen-bond acceptors (Lipinski definition) is 5. The zero-order valence-electron chi connectivity index (χ0n) is 9.77. The van der Waals surface area contributed by atoms with Gasteiger partial charge in [0.15, 0.2) is 0 Å². The van der Waals surface area contributed by atoms with Gasteiger partial charge in [0, 0.05) is 12.6 Å². The summed E-state index contributed by atoms with van der Waals surface area (Å²) in [7, 11) is 0. The molecule has 0 atom stereocenters. The molecular weight excluding hydrogens is 234 g/mol. The molecule has 2 heterocycles. The van der Waals surface area contributed by atoms with Gasteiger partial charge in [-0.05, 0) is 12.8 Å². The summed E-state index contributed by atoms with van der Waals surface area (Å²) >= 11 is 0. The van der Waals surface area contributed by atoms with Gasteiger partial charge in [-0.3, -0.25) is 9.59 Å². The molecule has 0 aromatic carbocycles. The van der Waals surface area contributed by atoms with E-state index in [-0.39, 0.29) is 18.6 Å². The first kappa shape index (κ1) is 12.1. The molecule has 1 aromatic heterocycles. The minimum Gasteiger partial charge on any atom is -0.383 e. The summed E-state index contributed by atoms with van der Waals surface area (Å²) in [5.41, 5.74) is 1.23. The molecule has 0 bridgehead atoms. The lowest BCUT2D eigenvalue weighted by atomic mass is 10.1. The van der Waals surface area contributed by atoms with E-state index in [1.54, 1.807) is 6.07 Å². The van der Waals surface area contributed by atoms with Crippen LogP contribution in [-0.4, -0.2) is 28.8 Å². The van der Waals surface area contributed by atoms with Crippen LogP contribution in [0.15, 0.2) is 10.9 Å². The van der Waals surface area contributed by atoms with Crippen LogP contribution in [-0.2, 0) is 17.8 Å². The Morgan fingerprint density at radius 3 is 3.28 bits per heavy atom. The van der Waals surface area contributed by atoms with E-state index in [2.05, 4.69) is 15.7 Å². The maximum absolute atomic E-state index is 11.7. The van der Waals surface area contributed by atoms with Crippen molar-refractivity contribution < 1.29 is 4.79 Å². The standard InChI is InChI=1S/C11H13N5O2/c12-3-5-14-10(17)7-16-11(18)6-9-8(15-16)2-1-4-13-9/h6,13H,1-2,4-5,7H2,(H,14,17). The van der Waals surface area contributed by atoms with Gasteiger partial charge in [-0.25, -0.2) is 4.68 Å². The number of nitrogens with one attached hydrogen (secondary N) is 2. The molecule has 0 aliphatic carbocycles. The van der Waals surface area contributed by atoms with Crippen molar-refractivity contribution in [2.45, 2.75) is 19.4 Å². The molecule has 2 N–H and O–H groups in total. The van der Waals surface area contributed by atoms with Crippen LogP contribution in [0.25, 0.3) is 0 Å². The largest absolute Gasteiger partial charge is 0.383 e. The maximum Gasteiger partial charge on any atom is 0.269 e. The molecule has 0 fully saturated rings. The third-order valence-corrected chi connectivity index (χ3v) is 2.64. The Labute approximate surface area is 103 Å². The van der Waals surface area contributed by atoms with Crippen LogP contribution in [0.4, 0.5) is 5.69 Å². The van der Waals surface area contributed by atoms with Crippen molar-refractivity contribution >= 4 is 11.6 Å². The van der Waals surface area contributed by atoms with Gasteiger partial charge in [-0.1, -0.05) is 0 Å². The second kappa shape index (κ2) is 5.31. The summed E-state index contributed by atoms with van der Waals surface area (Å²) in [6.07, 6.45) is 1.75. The highest BCUT2D eigenvalue weighted by Gasteiger charge is 2.13. The third kappa shape index (κ3) is 2.66. The Balaban J connectivity index is 2.16. The summed E-state index contributed by atoms with van der Waals surface area (Å²) in [5, 5.41) is 18.0. The van der Waals surface area contributed by atoms with Crippen molar-refractivity contribution in [3.05, 3.63) is 22.1 Å². The van der Waals surface area contributed by atoms with Crippen LogP contribution in [0, 0.1) is 11.3 Å². The minimum absolute atomic E-state index is 0.0694. The van der Waals surface area contributed by atoms with Crippen molar-refractivity contribution in [3.63, 3.8) is 0 Å². The molecule has 0 radical (unpaired) electrons. The van der Waals surface area contributed by atoms with E-state index in [9.17, 15) is 9.59 Å². The first-order valence-electron chi connectivity index (χ1n) is 5.69. The molecule has 7 nitrogen and oxygen atoms in total. The van der Waals surface area contributed by atoms with Crippen LogP contribution in [0.2, 0.25) is 0 Å². The van der Waals surface area contributed by atoms with Gasteiger partial charge in [0.1, 0.15) is 13.1 Å². The van der Waals surface area contributed by atoms with E-state index in [4.69, 9.17) is 5.26 Å². The molecule has 1 aromatic rings. The smallest absolute Gasteiger partial charge is 0.269 e. The number of nitrogens with zero attached hydrogens (tertiary/aromatic N) is 3. The van der Waals surface area contributed by atoms with E-state index in [0.717, 1.165) is 35.4 Å².